The van der Waals surface area contributed by atoms with E-state index in [4.69, 9.17) is 13.9 Å². The molecule has 7 nitrogen and oxygen atoms in total. The van der Waals surface area contributed by atoms with Crippen molar-refractivity contribution in [3.05, 3.63) is 59.7 Å². The van der Waals surface area contributed by atoms with Gasteiger partial charge in [0.2, 0.25) is 5.91 Å². The fraction of sp³-hybridized carbons (Fsp3) is 0.440. The van der Waals surface area contributed by atoms with Crippen molar-refractivity contribution in [2.75, 3.05) is 27.3 Å². The van der Waals surface area contributed by atoms with Gasteiger partial charge in [-0.3, -0.25) is 14.5 Å². The smallest absolute Gasteiger partial charge is 0.240 e. The molecule has 1 aromatic carbocycles. The van der Waals surface area contributed by atoms with Gasteiger partial charge in [-0.05, 0) is 62.7 Å². The van der Waals surface area contributed by atoms with E-state index in [0.29, 0.717) is 29.5 Å². The highest BCUT2D eigenvalue weighted by atomic mass is 16.5. The van der Waals surface area contributed by atoms with Crippen molar-refractivity contribution in [1.82, 2.24) is 9.80 Å². The fourth-order valence-electron chi connectivity index (χ4n) is 4.74. The van der Waals surface area contributed by atoms with Gasteiger partial charge >= 0.3 is 0 Å². The summed E-state index contributed by atoms with van der Waals surface area (Å²) < 4.78 is 16.4. The van der Waals surface area contributed by atoms with Gasteiger partial charge in [0, 0.05) is 11.8 Å². The Morgan fingerprint density at radius 3 is 2.47 bits per heavy atom. The summed E-state index contributed by atoms with van der Waals surface area (Å²) in [7, 11) is 3.18. The van der Waals surface area contributed by atoms with Crippen LogP contribution in [-0.4, -0.2) is 48.8 Å². The van der Waals surface area contributed by atoms with E-state index in [-0.39, 0.29) is 17.7 Å². The highest BCUT2D eigenvalue weighted by Crippen LogP contribution is 2.39. The lowest BCUT2D eigenvalue weighted by atomic mass is 9.83. The molecule has 0 aliphatic carbocycles. The molecule has 0 radical (unpaired) electrons. The predicted octanol–water partition coefficient (Wildman–Crippen LogP) is 3.96. The number of hydrogen-bond donors (Lipinski definition) is 0. The molecule has 1 aromatic heterocycles. The van der Waals surface area contributed by atoms with Crippen LogP contribution < -0.4 is 9.47 Å². The lowest BCUT2D eigenvalue weighted by Gasteiger charge is -2.41. The highest BCUT2D eigenvalue weighted by molar-refractivity contribution is 6.10. The number of amides is 1. The Morgan fingerprint density at radius 1 is 1.06 bits per heavy atom. The Balaban J connectivity index is 1.74. The second-order valence-electron chi connectivity index (χ2n) is 8.33. The van der Waals surface area contributed by atoms with Crippen LogP contribution in [0.5, 0.6) is 11.5 Å². The third-order valence-electron chi connectivity index (χ3n) is 6.36. The van der Waals surface area contributed by atoms with Crippen LogP contribution >= 0.6 is 0 Å². The molecule has 32 heavy (non-hydrogen) atoms. The molecule has 1 amide bonds. The molecule has 0 spiro atoms. The van der Waals surface area contributed by atoms with Crippen molar-refractivity contribution in [2.45, 2.75) is 38.8 Å². The summed E-state index contributed by atoms with van der Waals surface area (Å²) in [5, 5.41) is 0. The molecule has 0 bridgehead atoms. The third-order valence-corrected chi connectivity index (χ3v) is 6.36. The normalized spacial score (nSPS) is 20.8. The summed E-state index contributed by atoms with van der Waals surface area (Å²) in [4.78, 5) is 30.9. The minimum atomic E-state index is -0.829. The molecule has 2 unspecified atom stereocenters. The zero-order valence-electron chi connectivity index (χ0n) is 18.9. The predicted molar refractivity (Wildman–Crippen MR) is 119 cm³/mol. The van der Waals surface area contributed by atoms with Crippen LogP contribution in [0.4, 0.5) is 0 Å². The second-order valence-corrected chi connectivity index (χ2v) is 8.33. The quantitative estimate of drug-likeness (QED) is 0.610. The minimum Gasteiger partial charge on any atom is -0.493 e. The van der Waals surface area contributed by atoms with Gasteiger partial charge in [-0.1, -0.05) is 12.5 Å². The molecule has 7 heteroatoms. The lowest BCUT2D eigenvalue weighted by Crippen LogP contribution is -2.49. The van der Waals surface area contributed by atoms with Gasteiger partial charge in [0.25, 0.3) is 0 Å². The zero-order chi connectivity index (χ0) is 22.7. The molecule has 2 aromatic rings. The summed E-state index contributed by atoms with van der Waals surface area (Å²) in [6.45, 7) is 3.78. The average molecular weight is 439 g/mol. The Hall–Kier alpha value is -3.06. The standard InChI is InChI=1S/C25H30N2O5/c1-17-14-20(28)23(25(29)27(17)16-19-8-7-13-32-19)24(26-11-5-4-6-12-26)18-9-10-21(30-2)22(15-18)31-3/h7-10,13-15,23-24H,4-6,11-12,16H2,1-3H3. The van der Waals surface area contributed by atoms with Crippen molar-refractivity contribution in [2.24, 2.45) is 5.92 Å². The van der Waals surface area contributed by atoms with Crippen molar-refractivity contribution in [3.8, 4) is 11.5 Å². The Kier molecular flexibility index (Phi) is 6.65. The molecule has 2 aliphatic rings. The van der Waals surface area contributed by atoms with Gasteiger partial charge in [-0.25, -0.2) is 0 Å². The first kappa shape index (κ1) is 22.1. The maximum absolute atomic E-state index is 13.7. The molecule has 170 valence electrons. The van der Waals surface area contributed by atoms with Crippen molar-refractivity contribution >= 4 is 11.7 Å². The summed E-state index contributed by atoms with van der Waals surface area (Å²) >= 11 is 0. The summed E-state index contributed by atoms with van der Waals surface area (Å²) in [6, 6.07) is 8.92. The van der Waals surface area contributed by atoms with Gasteiger partial charge < -0.3 is 18.8 Å². The van der Waals surface area contributed by atoms with Gasteiger partial charge in [-0.15, -0.1) is 0 Å². The number of benzene rings is 1. The van der Waals surface area contributed by atoms with E-state index in [9.17, 15) is 9.59 Å². The van der Waals surface area contributed by atoms with Gasteiger partial charge in [0.05, 0.1) is 33.1 Å². The number of ketones is 1. The van der Waals surface area contributed by atoms with E-state index in [1.54, 1.807) is 44.4 Å². The second kappa shape index (κ2) is 9.61. The highest BCUT2D eigenvalue weighted by Gasteiger charge is 2.44. The van der Waals surface area contributed by atoms with E-state index in [0.717, 1.165) is 37.9 Å². The Labute approximate surface area is 188 Å². The number of furan rings is 1. The summed E-state index contributed by atoms with van der Waals surface area (Å²) in [6.07, 6.45) is 6.43. The molecule has 4 rings (SSSR count). The largest absolute Gasteiger partial charge is 0.493 e. The topological polar surface area (TPSA) is 72.2 Å². The summed E-state index contributed by atoms with van der Waals surface area (Å²) in [5.41, 5.74) is 1.51. The molecule has 2 aliphatic heterocycles. The molecule has 1 saturated heterocycles. The van der Waals surface area contributed by atoms with Crippen molar-refractivity contribution in [1.29, 1.82) is 0 Å². The van der Waals surface area contributed by atoms with E-state index in [2.05, 4.69) is 4.90 Å². The van der Waals surface area contributed by atoms with E-state index < -0.39 is 5.92 Å². The van der Waals surface area contributed by atoms with Crippen LogP contribution in [0.2, 0.25) is 0 Å². The van der Waals surface area contributed by atoms with Gasteiger partial charge in [0.15, 0.2) is 17.3 Å². The molecular formula is C25H30N2O5. The van der Waals surface area contributed by atoms with Gasteiger partial charge in [0.1, 0.15) is 11.7 Å². The third kappa shape index (κ3) is 4.30. The first-order chi connectivity index (χ1) is 15.5. The minimum absolute atomic E-state index is 0.159. The lowest BCUT2D eigenvalue weighted by molar-refractivity contribution is -0.144. The van der Waals surface area contributed by atoms with Crippen LogP contribution in [0.3, 0.4) is 0 Å². The number of piperidine rings is 1. The first-order valence-electron chi connectivity index (χ1n) is 11.1. The van der Waals surface area contributed by atoms with Crippen LogP contribution in [0.25, 0.3) is 0 Å². The molecule has 0 N–H and O–H groups in total. The van der Waals surface area contributed by atoms with Crippen molar-refractivity contribution in [3.63, 3.8) is 0 Å². The van der Waals surface area contributed by atoms with E-state index >= 15 is 0 Å². The van der Waals surface area contributed by atoms with Crippen LogP contribution in [0.1, 0.15) is 43.6 Å². The maximum Gasteiger partial charge on any atom is 0.240 e. The molecule has 0 saturated carbocycles. The number of rotatable bonds is 7. The van der Waals surface area contributed by atoms with Gasteiger partial charge in [-0.2, -0.15) is 0 Å². The number of carbonyl (C=O) groups excluding carboxylic acids is 2. The Bertz CT molecular complexity index is 992. The number of carbonyl (C=O) groups is 2. The van der Waals surface area contributed by atoms with Crippen molar-refractivity contribution < 1.29 is 23.5 Å². The SMILES string of the molecule is COc1ccc(C(C2C(=O)C=C(C)N(Cc3ccco3)C2=O)N2CCCCC2)cc1OC. The number of likely N-dealkylation sites (tertiary alicyclic amines) is 1. The molecule has 2 atom stereocenters. The molecule has 3 heterocycles. The number of methoxy groups -OCH3 is 2. The van der Waals surface area contributed by atoms with Crippen LogP contribution in [0.15, 0.2) is 52.8 Å². The van der Waals surface area contributed by atoms with Crippen LogP contribution in [0, 0.1) is 5.92 Å². The number of nitrogens with zero attached hydrogens (tertiary/aromatic N) is 2. The Morgan fingerprint density at radius 2 is 1.81 bits per heavy atom. The molecular weight excluding hydrogens is 408 g/mol. The number of hydrogen-bond acceptors (Lipinski definition) is 6. The van der Waals surface area contributed by atoms with Crippen LogP contribution in [-0.2, 0) is 16.1 Å². The monoisotopic (exact) mass is 438 g/mol. The van der Waals surface area contributed by atoms with E-state index in [1.807, 2.05) is 24.3 Å². The van der Waals surface area contributed by atoms with E-state index in [1.165, 1.54) is 0 Å². The fourth-order valence-corrected chi connectivity index (χ4v) is 4.74. The summed E-state index contributed by atoms with van der Waals surface area (Å²) in [5.74, 6) is 0.696. The number of ether oxygens (including phenoxy) is 2. The first-order valence-corrected chi connectivity index (χ1v) is 11.1. The average Bonchev–Trinajstić information content (AvgIpc) is 3.33. The maximum atomic E-state index is 13.7. The molecule has 1 fully saturated rings. The zero-order valence-corrected chi connectivity index (χ0v) is 18.9. The number of allylic oxidation sites excluding steroid dienone is 2.